The first-order chi connectivity index (χ1) is 13.2. The summed E-state index contributed by atoms with van der Waals surface area (Å²) >= 11 is 4.08. The number of urea groups is 1. The van der Waals surface area contributed by atoms with Crippen LogP contribution in [0.5, 0.6) is 5.75 Å². The van der Waals surface area contributed by atoms with Gasteiger partial charge in [-0.1, -0.05) is 6.58 Å². The van der Waals surface area contributed by atoms with Gasteiger partial charge in [-0.05, 0) is 25.1 Å². The van der Waals surface area contributed by atoms with Gasteiger partial charge in [0.15, 0.2) is 0 Å². The van der Waals surface area contributed by atoms with Crippen molar-refractivity contribution in [1.29, 1.82) is 5.26 Å². The van der Waals surface area contributed by atoms with E-state index in [0.717, 1.165) is 4.90 Å². The number of halogens is 1. The Balaban J connectivity index is 3.17. The van der Waals surface area contributed by atoms with Crippen molar-refractivity contribution in [3.8, 4) is 11.8 Å². The fourth-order valence-corrected chi connectivity index (χ4v) is 2.41. The normalized spacial score (nSPS) is 12.4. The zero-order valence-electron chi connectivity index (χ0n) is 15.5. The number of nitriles is 1. The number of amides is 2. The van der Waals surface area contributed by atoms with Crippen LogP contribution in [0.1, 0.15) is 25.0 Å². The SMILES string of the molecule is C=C(S)N(C[C@H](OCCC#N)c1cc(F)ccc1OC)C(=O)NC(C)C(=O)O. The fourth-order valence-electron chi connectivity index (χ4n) is 2.24. The van der Waals surface area contributed by atoms with Crippen molar-refractivity contribution >= 4 is 24.6 Å². The van der Waals surface area contributed by atoms with E-state index in [1.807, 2.05) is 6.07 Å². The molecule has 28 heavy (non-hydrogen) atoms. The number of hydrogen-bond donors (Lipinski definition) is 3. The number of nitrogens with zero attached hydrogens (tertiary/aromatic N) is 2. The van der Waals surface area contributed by atoms with Gasteiger partial charge in [0.25, 0.3) is 0 Å². The lowest BCUT2D eigenvalue weighted by Gasteiger charge is -2.29. The third kappa shape index (κ3) is 6.75. The molecule has 8 nitrogen and oxygen atoms in total. The minimum atomic E-state index is -1.22. The first kappa shape index (κ1) is 23.3. The zero-order chi connectivity index (χ0) is 21.3. The topological polar surface area (TPSA) is 112 Å². The smallest absolute Gasteiger partial charge is 0.325 e. The molecule has 152 valence electrons. The standard InChI is InChI=1S/C18H22FN3O5S/c1-11(17(23)24)21-18(25)22(12(2)28)10-16(27-8-4-7-20)14-9-13(19)5-6-15(14)26-3/h5-6,9,11,16,28H,2,4,8,10H2,1,3H3,(H,21,25)(H,23,24)/t11?,16-/m0/s1. The molecule has 1 aromatic carbocycles. The minimum absolute atomic E-state index is 0.0272. The number of carboxylic acid groups (broad SMARTS) is 1. The van der Waals surface area contributed by atoms with Crippen molar-refractivity contribution < 1.29 is 28.6 Å². The molecule has 10 heteroatoms. The van der Waals surface area contributed by atoms with Crippen LogP contribution in [0.3, 0.4) is 0 Å². The van der Waals surface area contributed by atoms with Gasteiger partial charge in [0.1, 0.15) is 23.7 Å². The average Bonchev–Trinajstić information content (AvgIpc) is 2.63. The molecule has 0 bridgehead atoms. The monoisotopic (exact) mass is 411 g/mol. The van der Waals surface area contributed by atoms with Crippen LogP contribution in [0.4, 0.5) is 9.18 Å². The van der Waals surface area contributed by atoms with E-state index < -0.39 is 30.0 Å². The lowest BCUT2D eigenvalue weighted by molar-refractivity contribution is -0.138. The van der Waals surface area contributed by atoms with Crippen molar-refractivity contribution in [2.45, 2.75) is 25.5 Å². The summed E-state index contributed by atoms with van der Waals surface area (Å²) in [6, 6.07) is 3.85. The van der Waals surface area contributed by atoms with E-state index in [9.17, 15) is 14.0 Å². The van der Waals surface area contributed by atoms with E-state index in [1.54, 1.807) is 0 Å². The summed E-state index contributed by atoms with van der Waals surface area (Å²) in [5, 5.41) is 20.0. The van der Waals surface area contributed by atoms with Crippen LogP contribution in [0.25, 0.3) is 0 Å². The predicted molar refractivity (Wildman–Crippen MR) is 102 cm³/mol. The van der Waals surface area contributed by atoms with Crippen LogP contribution in [-0.4, -0.2) is 48.3 Å². The molecule has 0 aliphatic heterocycles. The molecule has 2 amide bonds. The molecular formula is C18H22FN3O5S. The van der Waals surface area contributed by atoms with E-state index in [-0.39, 0.29) is 24.6 Å². The highest BCUT2D eigenvalue weighted by molar-refractivity contribution is 7.84. The highest BCUT2D eigenvalue weighted by Gasteiger charge is 2.26. The molecular weight excluding hydrogens is 389 g/mol. The Kier molecular flexibility index (Phi) is 9.27. The largest absolute Gasteiger partial charge is 0.496 e. The van der Waals surface area contributed by atoms with Crippen LogP contribution in [0.15, 0.2) is 29.8 Å². The summed E-state index contributed by atoms with van der Waals surface area (Å²) in [6.45, 7) is 4.77. The molecule has 0 aliphatic rings. The Morgan fingerprint density at radius 1 is 1.50 bits per heavy atom. The summed E-state index contributed by atoms with van der Waals surface area (Å²) < 4.78 is 24.7. The molecule has 0 saturated heterocycles. The maximum Gasteiger partial charge on any atom is 0.325 e. The number of nitrogens with one attached hydrogen (secondary N) is 1. The molecule has 0 radical (unpaired) electrons. The Morgan fingerprint density at radius 3 is 2.71 bits per heavy atom. The third-order valence-electron chi connectivity index (χ3n) is 3.69. The van der Waals surface area contributed by atoms with E-state index in [2.05, 4.69) is 24.5 Å². The molecule has 1 unspecified atom stereocenters. The van der Waals surface area contributed by atoms with Gasteiger partial charge >= 0.3 is 12.0 Å². The van der Waals surface area contributed by atoms with Gasteiger partial charge in [-0.25, -0.2) is 9.18 Å². The van der Waals surface area contributed by atoms with E-state index in [0.29, 0.717) is 11.3 Å². The molecule has 0 aromatic heterocycles. The molecule has 0 saturated carbocycles. The minimum Gasteiger partial charge on any atom is -0.496 e. The molecule has 0 spiro atoms. The van der Waals surface area contributed by atoms with Crippen molar-refractivity contribution in [2.24, 2.45) is 0 Å². The van der Waals surface area contributed by atoms with Gasteiger partial charge in [-0.3, -0.25) is 9.69 Å². The Bertz CT molecular complexity index is 768. The molecule has 0 heterocycles. The fraction of sp³-hybridized carbons (Fsp3) is 0.389. The number of benzene rings is 1. The van der Waals surface area contributed by atoms with Crippen molar-refractivity contribution in [3.63, 3.8) is 0 Å². The maximum atomic E-state index is 13.8. The highest BCUT2D eigenvalue weighted by atomic mass is 32.1. The molecule has 1 aromatic rings. The number of carbonyl (C=O) groups is 2. The second-order valence-corrected chi connectivity index (χ2v) is 6.21. The second kappa shape index (κ2) is 11.2. The molecule has 0 fully saturated rings. The Labute approximate surface area is 167 Å². The highest BCUT2D eigenvalue weighted by Crippen LogP contribution is 2.30. The van der Waals surface area contributed by atoms with Crippen LogP contribution >= 0.6 is 12.6 Å². The van der Waals surface area contributed by atoms with Gasteiger partial charge in [0.2, 0.25) is 0 Å². The number of carboxylic acids is 1. The van der Waals surface area contributed by atoms with Gasteiger partial charge in [-0.15, -0.1) is 12.6 Å². The zero-order valence-corrected chi connectivity index (χ0v) is 16.4. The second-order valence-electron chi connectivity index (χ2n) is 5.69. The van der Waals surface area contributed by atoms with E-state index >= 15 is 0 Å². The van der Waals surface area contributed by atoms with Crippen LogP contribution in [0, 0.1) is 17.1 Å². The quantitative estimate of drug-likeness (QED) is 0.403. The van der Waals surface area contributed by atoms with E-state index in [1.165, 1.54) is 32.2 Å². The summed E-state index contributed by atoms with van der Waals surface area (Å²) in [6.07, 6.45) is -0.799. The maximum absolute atomic E-state index is 13.8. The third-order valence-corrected chi connectivity index (χ3v) is 3.93. The van der Waals surface area contributed by atoms with Gasteiger partial charge in [0, 0.05) is 5.56 Å². The number of methoxy groups -OCH3 is 1. The van der Waals surface area contributed by atoms with Gasteiger partial charge in [0.05, 0.1) is 37.8 Å². The Morgan fingerprint density at radius 2 is 2.18 bits per heavy atom. The number of thiol groups is 1. The first-order valence-corrected chi connectivity index (χ1v) is 8.66. The number of hydrogen-bond acceptors (Lipinski definition) is 6. The van der Waals surface area contributed by atoms with Crippen molar-refractivity contribution in [1.82, 2.24) is 10.2 Å². The predicted octanol–water partition coefficient (Wildman–Crippen LogP) is 2.69. The van der Waals surface area contributed by atoms with Crippen molar-refractivity contribution in [2.75, 3.05) is 20.3 Å². The number of rotatable bonds is 10. The summed E-state index contributed by atoms with van der Waals surface area (Å²) in [4.78, 5) is 24.5. The number of carbonyl (C=O) groups excluding carboxylic acids is 1. The average molecular weight is 411 g/mol. The van der Waals surface area contributed by atoms with Crippen LogP contribution in [0.2, 0.25) is 0 Å². The molecule has 0 aliphatic carbocycles. The lowest BCUT2D eigenvalue weighted by Crippen LogP contribution is -2.47. The van der Waals surface area contributed by atoms with E-state index in [4.69, 9.17) is 19.8 Å². The molecule has 2 N–H and O–H groups in total. The summed E-state index contributed by atoms with van der Waals surface area (Å²) in [5.74, 6) is -1.43. The van der Waals surface area contributed by atoms with Crippen LogP contribution < -0.4 is 10.1 Å². The molecule has 1 rings (SSSR count). The first-order valence-electron chi connectivity index (χ1n) is 8.22. The summed E-state index contributed by atoms with van der Waals surface area (Å²) in [7, 11) is 1.40. The van der Waals surface area contributed by atoms with Crippen LogP contribution in [-0.2, 0) is 9.53 Å². The van der Waals surface area contributed by atoms with Gasteiger partial charge < -0.3 is 19.9 Å². The number of aliphatic carboxylic acids is 1. The number of ether oxygens (including phenoxy) is 2. The Hall–Kier alpha value is -2.77. The molecule has 2 atom stereocenters. The van der Waals surface area contributed by atoms with Gasteiger partial charge in [-0.2, -0.15) is 5.26 Å². The van der Waals surface area contributed by atoms with Crippen molar-refractivity contribution in [3.05, 3.63) is 41.2 Å². The summed E-state index contributed by atoms with van der Waals surface area (Å²) in [5.41, 5.74) is 0.319. The lowest BCUT2D eigenvalue weighted by atomic mass is 10.1.